The zero-order valence-corrected chi connectivity index (χ0v) is 85.0. The number of unbranched alkanes of at least 4 members (excludes halogenated alkanes) is 3. The van der Waals surface area contributed by atoms with Gasteiger partial charge in [-0.2, -0.15) is 0 Å². The first-order chi connectivity index (χ1) is 66.8. The Morgan fingerprint density at radius 3 is 0.894 bits per heavy atom. The lowest BCUT2D eigenvalue weighted by molar-refractivity contribution is -0.277. The van der Waals surface area contributed by atoms with Gasteiger partial charge in [0.05, 0.1) is 12.7 Å². The highest BCUT2D eigenvalue weighted by molar-refractivity contribution is 7.44. The van der Waals surface area contributed by atoms with Crippen molar-refractivity contribution < 1.29 is 171 Å². The van der Waals surface area contributed by atoms with Crippen LogP contribution in [-0.4, -0.2) is 319 Å². The van der Waals surface area contributed by atoms with Crippen molar-refractivity contribution in [3.8, 4) is 12.3 Å². The van der Waals surface area contributed by atoms with Crippen LogP contribution < -0.4 is 53.2 Å². The van der Waals surface area contributed by atoms with E-state index in [0.29, 0.717) is 51.4 Å². The molecule has 16 unspecified atom stereocenters. The second-order valence-corrected chi connectivity index (χ2v) is 36.7. The largest absolute Gasteiger partial charge is 0.463 e. The summed E-state index contributed by atoms with van der Waals surface area (Å²) in [5, 5.41) is 28.3. The van der Waals surface area contributed by atoms with E-state index < -0.39 is 221 Å². The van der Waals surface area contributed by atoms with Crippen LogP contribution in [0.1, 0.15) is 258 Å². The molecule has 1 aliphatic carbocycles. The zero-order valence-electron chi connectivity index (χ0n) is 84.1. The Kier molecular flexibility index (Phi) is 57.9. The Morgan fingerprint density at radius 1 is 0.362 bits per heavy atom. The topological polar surface area (TPSA) is 605 Å². The zero-order chi connectivity index (χ0) is 105. The van der Waals surface area contributed by atoms with E-state index in [1.165, 1.54) is 20.8 Å². The molecule has 4 aliphatic rings. The molecule has 47 nitrogen and oxygen atoms in total. The Hall–Kier alpha value is -10.4. The van der Waals surface area contributed by atoms with E-state index >= 15 is 4.79 Å². The average Bonchev–Trinajstić information content (AvgIpc) is 0.791. The summed E-state index contributed by atoms with van der Waals surface area (Å²) in [5.41, 5.74) is -1.39. The molecular formula is C93H150N11O36P. The fraction of sp³-hybridized carbons (Fsp3) is 0.774. The molecule has 0 spiro atoms. The van der Waals surface area contributed by atoms with Gasteiger partial charge in [0.15, 0.2) is 55.5 Å². The van der Waals surface area contributed by atoms with Gasteiger partial charge in [-0.05, 0) is 130 Å². The molecule has 16 atom stereocenters. The summed E-state index contributed by atoms with van der Waals surface area (Å²) in [5.74, 6) is -9.09. The summed E-state index contributed by atoms with van der Waals surface area (Å²) in [6, 6.07) is -3.47. The Bertz CT molecular complexity index is 3750. The molecule has 1 saturated carbocycles. The maximum atomic E-state index is 15.0. The van der Waals surface area contributed by atoms with E-state index in [9.17, 15) is 86.3 Å². The maximum absolute atomic E-state index is 15.0. The third-order valence-corrected chi connectivity index (χ3v) is 24.5. The first kappa shape index (κ1) is 123. The number of nitrogens with zero attached hydrogens (tertiary/aromatic N) is 1. The van der Waals surface area contributed by atoms with Crippen molar-refractivity contribution in [2.24, 2.45) is 5.92 Å². The van der Waals surface area contributed by atoms with Gasteiger partial charge < -0.3 is 133 Å². The molecule has 3 saturated heterocycles. The van der Waals surface area contributed by atoms with Crippen LogP contribution in [0, 0.1) is 18.3 Å². The minimum Gasteiger partial charge on any atom is -0.463 e. The summed E-state index contributed by atoms with van der Waals surface area (Å²) in [4.78, 5) is 243. The summed E-state index contributed by atoms with van der Waals surface area (Å²) >= 11 is 0. The van der Waals surface area contributed by atoms with E-state index in [-0.39, 0.29) is 204 Å². The Balaban J connectivity index is 1.50. The maximum Gasteiger partial charge on any atom is 0.303 e. The van der Waals surface area contributed by atoms with Crippen LogP contribution in [0.15, 0.2) is 0 Å². The third kappa shape index (κ3) is 49.4. The molecule has 3 aliphatic heterocycles. The molecule has 0 bridgehead atoms. The van der Waals surface area contributed by atoms with Crippen molar-refractivity contribution in [2.75, 3.05) is 85.5 Å². The number of hydrogen-bond acceptors (Lipinski definition) is 37. The normalized spacial score (nSPS) is 23.1. The van der Waals surface area contributed by atoms with Crippen molar-refractivity contribution in [3.05, 3.63) is 0 Å². The first-order valence-electron chi connectivity index (χ1n) is 48.1. The molecule has 4 fully saturated rings. The number of carbonyl (C=O) groups excluding carboxylic acids is 19. The number of esters is 9. The lowest BCUT2D eigenvalue weighted by Gasteiger charge is -2.44. The predicted molar refractivity (Wildman–Crippen MR) is 497 cm³/mol. The number of amides is 10. The summed E-state index contributed by atoms with van der Waals surface area (Å²) in [7, 11) is -1.56. The molecule has 3 heterocycles. The smallest absolute Gasteiger partial charge is 0.303 e. The van der Waals surface area contributed by atoms with Gasteiger partial charge in [-0.25, -0.2) is 4.67 Å². The van der Waals surface area contributed by atoms with E-state index in [1.807, 2.05) is 27.7 Å². The average molecular weight is 2030 g/mol. The van der Waals surface area contributed by atoms with E-state index in [4.69, 9.17) is 86.5 Å². The first-order valence-corrected chi connectivity index (χ1v) is 49.2. The highest BCUT2D eigenvalue weighted by Gasteiger charge is 2.55. The number of carbonyl (C=O) groups is 19. The van der Waals surface area contributed by atoms with Crippen LogP contribution in [0.25, 0.3) is 0 Å². The van der Waals surface area contributed by atoms with Gasteiger partial charge in [0, 0.05) is 211 Å². The second kappa shape index (κ2) is 66.4. The van der Waals surface area contributed by atoms with Crippen molar-refractivity contribution in [1.82, 2.24) is 57.8 Å². The molecule has 0 aromatic rings. The molecule has 798 valence electrons. The molecule has 10 N–H and O–H groups in total. The molecular weight excluding hydrogens is 1880 g/mol. The van der Waals surface area contributed by atoms with Gasteiger partial charge in [0.1, 0.15) is 56.3 Å². The molecule has 10 amide bonds. The van der Waals surface area contributed by atoms with Crippen LogP contribution >= 0.6 is 8.53 Å². The molecule has 141 heavy (non-hydrogen) atoms. The Morgan fingerprint density at radius 2 is 0.638 bits per heavy atom. The SMILES string of the molecule is C#CCCOP(OC1CCC(C(=O)NC(CCC(=O)NCCCNC(=O)CCCCOC2OC(COC(C)=O)C(OC(C)=O)C(OC(C)=O)C2NC(C)=O)(CCC(=O)NCCCNC(=O)CCCCOC2OC(COC(C)=O)C(OC(C)=O)C(OC(C)=O)C2NC(C)=O)CCC(=O)NCCCNC(=O)CCCCOC2OC(COC(C)=O)C(OC(C)=O)C(OC(C)=O)C2NC(C)=O)CC1)N(C(C)C)C(C)C. The van der Waals surface area contributed by atoms with Crippen LogP contribution in [-0.2, 0) is 171 Å². The van der Waals surface area contributed by atoms with Gasteiger partial charge in [0.2, 0.25) is 59.1 Å². The third-order valence-electron chi connectivity index (χ3n) is 22.3. The lowest BCUT2D eigenvalue weighted by atomic mass is 9.81. The van der Waals surface area contributed by atoms with Crippen LogP contribution in [0.3, 0.4) is 0 Å². The number of nitrogens with one attached hydrogen (secondary N) is 10. The summed E-state index contributed by atoms with van der Waals surface area (Å²) in [6.07, 6.45) is -6.16. The predicted octanol–water partition coefficient (Wildman–Crippen LogP) is 2.54. The van der Waals surface area contributed by atoms with Crippen LogP contribution in [0.5, 0.6) is 0 Å². The van der Waals surface area contributed by atoms with Crippen molar-refractivity contribution in [1.29, 1.82) is 0 Å². The van der Waals surface area contributed by atoms with Crippen molar-refractivity contribution in [3.63, 3.8) is 0 Å². The van der Waals surface area contributed by atoms with E-state index in [1.54, 1.807) is 0 Å². The fourth-order valence-electron chi connectivity index (χ4n) is 16.1. The summed E-state index contributed by atoms with van der Waals surface area (Å²) < 4.78 is 99.9. The highest BCUT2D eigenvalue weighted by atomic mass is 31.2. The minimum absolute atomic E-state index is 0.0359. The van der Waals surface area contributed by atoms with Gasteiger partial charge in [-0.1, -0.05) is 0 Å². The van der Waals surface area contributed by atoms with Crippen LogP contribution in [0.2, 0.25) is 0 Å². The van der Waals surface area contributed by atoms with Crippen molar-refractivity contribution in [2.45, 2.75) is 374 Å². The van der Waals surface area contributed by atoms with Gasteiger partial charge in [-0.15, -0.1) is 12.3 Å². The highest BCUT2D eigenvalue weighted by Crippen LogP contribution is 2.49. The quantitative estimate of drug-likeness (QED) is 0.0137. The van der Waals surface area contributed by atoms with Gasteiger partial charge in [0.25, 0.3) is 8.53 Å². The number of ether oxygens (including phenoxy) is 15. The molecule has 48 heteroatoms. The number of rotatable bonds is 64. The lowest BCUT2D eigenvalue weighted by Crippen LogP contribution is -2.66. The van der Waals surface area contributed by atoms with Crippen LogP contribution in [0.4, 0.5) is 0 Å². The monoisotopic (exact) mass is 2030 g/mol. The summed E-state index contributed by atoms with van der Waals surface area (Å²) in [6.45, 7) is 21.5. The molecule has 0 aromatic carbocycles. The second-order valence-electron chi connectivity index (χ2n) is 35.2. The fourth-order valence-corrected chi connectivity index (χ4v) is 17.8. The molecule has 0 aromatic heterocycles. The molecule has 4 rings (SSSR count). The Labute approximate surface area is 824 Å². The van der Waals surface area contributed by atoms with Gasteiger partial charge >= 0.3 is 53.7 Å². The van der Waals surface area contributed by atoms with Crippen molar-refractivity contribution >= 4 is 121 Å². The molecule has 0 radical (unpaired) electrons. The number of terminal acetylenes is 1. The van der Waals surface area contributed by atoms with Gasteiger partial charge in [-0.3, -0.25) is 91.1 Å². The standard InChI is InChI=1S/C93H150N11O36P/c1-18-19-51-130-141(104(55(2)3)56(4)5)140-70-34-32-69(33-35-70)89(123)103-93(39-36-77(120)97-45-26-42-94-74(117)29-20-23-48-124-90-80(100-57(6)105)86(134-66(15)114)83(131-63(12)111)71(137-90)52-127-60(9)108,40-37-78(121)98-46-27-43-95-75(118)30-21-24-49-125-91-81(101-58(7)106)87(135-67(16)115)84(132-64(13)112)72(138-91)53-128-61(10)109)41-38-79(122)99-47-28-44-96-76(119)31-22-25-50-126-92-82(102-59(8)107)88(136-68(17)116)85(133-65(14)113)73(139-92)54-129-62(11)110/h1,55-56,69-73,80-88,90-92H,19-54H2,2-17H3,(H,94,117)(H,95,118)(H,96,119)(H,97,120)(H,98,121)(H,99,122)(H,100,105)(H,101,106)(H,102,107)(H,103,123). The van der Waals surface area contributed by atoms with E-state index in [2.05, 4.69) is 63.8 Å². The minimum atomic E-state index is -1.56. The number of hydrogen-bond donors (Lipinski definition) is 10. The van der Waals surface area contributed by atoms with E-state index in [0.717, 1.165) is 62.3 Å².